The SMILES string of the molecule is O=C(CS(=O)(=O)C1CCCC1)c1cccc([N+](=O)[O-])c1. The zero-order valence-electron chi connectivity index (χ0n) is 10.8. The number of hydrogen-bond donors (Lipinski definition) is 0. The van der Waals surface area contributed by atoms with E-state index in [1.807, 2.05) is 0 Å². The van der Waals surface area contributed by atoms with Gasteiger partial charge in [-0.2, -0.15) is 0 Å². The van der Waals surface area contributed by atoms with Gasteiger partial charge in [-0.25, -0.2) is 8.42 Å². The highest BCUT2D eigenvalue weighted by Gasteiger charge is 2.31. The van der Waals surface area contributed by atoms with E-state index in [2.05, 4.69) is 0 Å². The van der Waals surface area contributed by atoms with Crippen LogP contribution in [0.3, 0.4) is 0 Å². The Labute approximate surface area is 116 Å². The fourth-order valence-electron chi connectivity index (χ4n) is 2.42. The van der Waals surface area contributed by atoms with E-state index < -0.39 is 31.5 Å². The molecule has 0 atom stereocenters. The Kier molecular flexibility index (Phi) is 4.17. The molecule has 1 aromatic rings. The number of carbonyl (C=O) groups is 1. The number of non-ortho nitro benzene ring substituents is 1. The smallest absolute Gasteiger partial charge is 0.270 e. The number of sulfone groups is 1. The number of ketones is 1. The molecule has 0 amide bonds. The second-order valence-electron chi connectivity index (χ2n) is 4.94. The van der Waals surface area contributed by atoms with Crippen molar-refractivity contribution < 1.29 is 18.1 Å². The van der Waals surface area contributed by atoms with Crippen molar-refractivity contribution in [2.75, 3.05) is 5.75 Å². The third-order valence-corrected chi connectivity index (χ3v) is 5.67. The molecule has 0 spiro atoms. The molecular weight excluding hydrogens is 282 g/mol. The molecule has 0 bridgehead atoms. The summed E-state index contributed by atoms with van der Waals surface area (Å²) < 4.78 is 24.2. The predicted octanol–water partition coefficient (Wildman–Crippen LogP) is 2.13. The number of carbonyl (C=O) groups excluding carboxylic acids is 1. The first-order valence-corrected chi connectivity index (χ1v) is 8.11. The maximum atomic E-state index is 12.1. The van der Waals surface area contributed by atoms with Crippen LogP contribution in [0.15, 0.2) is 24.3 Å². The summed E-state index contributed by atoms with van der Waals surface area (Å²) in [4.78, 5) is 22.0. The van der Waals surface area contributed by atoms with Gasteiger partial charge in [0.15, 0.2) is 15.6 Å². The lowest BCUT2D eigenvalue weighted by molar-refractivity contribution is -0.384. The second-order valence-corrected chi connectivity index (χ2v) is 7.23. The average Bonchev–Trinajstić information content (AvgIpc) is 2.93. The number of nitro benzene ring substituents is 1. The van der Waals surface area contributed by atoms with Crippen molar-refractivity contribution in [3.8, 4) is 0 Å². The van der Waals surface area contributed by atoms with Gasteiger partial charge in [0.25, 0.3) is 5.69 Å². The Morgan fingerprint density at radius 3 is 2.55 bits per heavy atom. The van der Waals surface area contributed by atoms with Crippen LogP contribution in [0.25, 0.3) is 0 Å². The van der Waals surface area contributed by atoms with Crippen LogP contribution in [0, 0.1) is 10.1 Å². The molecule has 0 aromatic heterocycles. The molecule has 1 aliphatic rings. The highest BCUT2D eigenvalue weighted by atomic mass is 32.2. The third-order valence-electron chi connectivity index (χ3n) is 3.52. The first kappa shape index (κ1) is 14.6. The zero-order chi connectivity index (χ0) is 14.8. The van der Waals surface area contributed by atoms with Crippen LogP contribution in [0.5, 0.6) is 0 Å². The Balaban J connectivity index is 2.15. The maximum absolute atomic E-state index is 12.1. The number of rotatable bonds is 5. The summed E-state index contributed by atoms with van der Waals surface area (Å²) in [5.41, 5.74) is -0.144. The van der Waals surface area contributed by atoms with E-state index in [9.17, 15) is 23.3 Å². The van der Waals surface area contributed by atoms with Crippen LogP contribution >= 0.6 is 0 Å². The van der Waals surface area contributed by atoms with Gasteiger partial charge in [-0.3, -0.25) is 14.9 Å². The predicted molar refractivity (Wildman–Crippen MR) is 73.5 cm³/mol. The van der Waals surface area contributed by atoms with Crippen LogP contribution < -0.4 is 0 Å². The first-order chi connectivity index (χ1) is 9.40. The minimum absolute atomic E-state index is 0.0702. The zero-order valence-corrected chi connectivity index (χ0v) is 11.6. The van der Waals surface area contributed by atoms with Gasteiger partial charge in [-0.05, 0) is 12.8 Å². The van der Waals surface area contributed by atoms with Crippen molar-refractivity contribution in [3.05, 3.63) is 39.9 Å². The standard InChI is InChI=1S/C13H15NO5S/c15-13(9-20(18,19)12-6-1-2-7-12)10-4-3-5-11(8-10)14(16)17/h3-5,8,12H,1-2,6-7,9H2. The summed E-state index contributed by atoms with van der Waals surface area (Å²) in [6.45, 7) is 0. The summed E-state index contributed by atoms with van der Waals surface area (Å²) in [5.74, 6) is -1.15. The quantitative estimate of drug-likeness (QED) is 0.471. The van der Waals surface area contributed by atoms with Gasteiger partial charge in [-0.15, -0.1) is 0 Å². The lowest BCUT2D eigenvalue weighted by Crippen LogP contribution is -2.26. The van der Waals surface area contributed by atoms with E-state index in [0.29, 0.717) is 12.8 Å². The number of nitrogens with zero attached hydrogens (tertiary/aromatic N) is 1. The lowest BCUT2D eigenvalue weighted by atomic mass is 10.1. The molecular formula is C13H15NO5S. The minimum atomic E-state index is -3.46. The maximum Gasteiger partial charge on any atom is 0.270 e. The van der Waals surface area contributed by atoms with Gasteiger partial charge < -0.3 is 0 Å². The topological polar surface area (TPSA) is 94.3 Å². The number of nitro groups is 1. The van der Waals surface area contributed by atoms with Crippen molar-refractivity contribution in [2.45, 2.75) is 30.9 Å². The Bertz CT molecular complexity index is 632. The fourth-order valence-corrected chi connectivity index (χ4v) is 4.24. The summed E-state index contributed by atoms with van der Waals surface area (Å²) in [7, 11) is -3.46. The van der Waals surface area contributed by atoms with Crippen molar-refractivity contribution in [2.24, 2.45) is 0 Å². The number of Topliss-reactive ketones (excluding diaryl/α,β-unsaturated/α-hetero) is 1. The molecule has 1 saturated carbocycles. The Morgan fingerprint density at radius 2 is 1.95 bits per heavy atom. The molecule has 0 radical (unpaired) electrons. The van der Waals surface area contributed by atoms with Gasteiger partial charge in [0.1, 0.15) is 5.75 Å². The molecule has 20 heavy (non-hydrogen) atoms. The van der Waals surface area contributed by atoms with Gasteiger partial charge in [0, 0.05) is 17.7 Å². The van der Waals surface area contributed by atoms with Crippen molar-refractivity contribution in [1.82, 2.24) is 0 Å². The lowest BCUT2D eigenvalue weighted by Gasteiger charge is -2.10. The monoisotopic (exact) mass is 297 g/mol. The van der Waals surface area contributed by atoms with Gasteiger partial charge >= 0.3 is 0 Å². The van der Waals surface area contributed by atoms with Crippen LogP contribution in [0.1, 0.15) is 36.0 Å². The fraction of sp³-hybridized carbons (Fsp3) is 0.462. The average molecular weight is 297 g/mol. The van der Waals surface area contributed by atoms with E-state index in [1.165, 1.54) is 18.2 Å². The Morgan fingerprint density at radius 1 is 1.30 bits per heavy atom. The van der Waals surface area contributed by atoms with E-state index >= 15 is 0 Å². The van der Waals surface area contributed by atoms with Crippen LogP contribution in [-0.4, -0.2) is 30.1 Å². The minimum Gasteiger partial charge on any atom is -0.293 e. The number of benzene rings is 1. The second kappa shape index (κ2) is 5.70. The highest BCUT2D eigenvalue weighted by Crippen LogP contribution is 2.26. The molecule has 6 nitrogen and oxygen atoms in total. The normalized spacial score (nSPS) is 16.2. The van der Waals surface area contributed by atoms with E-state index in [4.69, 9.17) is 0 Å². The first-order valence-electron chi connectivity index (χ1n) is 6.39. The highest BCUT2D eigenvalue weighted by molar-refractivity contribution is 7.92. The molecule has 0 N–H and O–H groups in total. The summed E-state index contributed by atoms with van der Waals surface area (Å²) in [5, 5.41) is 10.2. The molecule has 0 heterocycles. The number of hydrogen-bond acceptors (Lipinski definition) is 5. The molecule has 0 aliphatic heterocycles. The summed E-state index contributed by atoms with van der Waals surface area (Å²) >= 11 is 0. The Hall–Kier alpha value is -1.76. The van der Waals surface area contributed by atoms with Crippen molar-refractivity contribution in [3.63, 3.8) is 0 Å². The molecule has 2 rings (SSSR count). The van der Waals surface area contributed by atoms with Crippen LogP contribution in [-0.2, 0) is 9.84 Å². The summed E-state index contributed by atoms with van der Waals surface area (Å²) in [6.07, 6.45) is 2.94. The molecule has 0 unspecified atom stereocenters. The van der Waals surface area contributed by atoms with Crippen LogP contribution in [0.4, 0.5) is 5.69 Å². The van der Waals surface area contributed by atoms with Crippen LogP contribution in [0.2, 0.25) is 0 Å². The molecule has 0 saturated heterocycles. The van der Waals surface area contributed by atoms with Gasteiger partial charge in [0.05, 0.1) is 10.2 Å². The van der Waals surface area contributed by atoms with E-state index in [0.717, 1.165) is 18.9 Å². The molecule has 1 fully saturated rings. The summed E-state index contributed by atoms with van der Waals surface area (Å²) in [6, 6.07) is 5.17. The molecule has 1 aromatic carbocycles. The third kappa shape index (κ3) is 3.22. The van der Waals surface area contributed by atoms with Crippen molar-refractivity contribution in [1.29, 1.82) is 0 Å². The van der Waals surface area contributed by atoms with Crippen molar-refractivity contribution >= 4 is 21.3 Å². The molecule has 108 valence electrons. The largest absolute Gasteiger partial charge is 0.293 e. The molecule has 7 heteroatoms. The van der Waals surface area contributed by atoms with Gasteiger partial charge in [-0.1, -0.05) is 25.0 Å². The van der Waals surface area contributed by atoms with Gasteiger partial charge in [0.2, 0.25) is 0 Å². The van der Waals surface area contributed by atoms with E-state index in [1.54, 1.807) is 0 Å². The molecule has 1 aliphatic carbocycles. The van der Waals surface area contributed by atoms with E-state index in [-0.39, 0.29) is 11.3 Å².